The highest BCUT2D eigenvalue weighted by atomic mass is 32.2. The first kappa shape index (κ1) is 22.0. The van der Waals surface area contributed by atoms with Gasteiger partial charge in [-0.1, -0.05) is 35.6 Å². The molecule has 8 nitrogen and oxygen atoms in total. The lowest BCUT2D eigenvalue weighted by Gasteiger charge is -2.25. The van der Waals surface area contributed by atoms with Crippen molar-refractivity contribution in [2.24, 2.45) is 0 Å². The predicted molar refractivity (Wildman–Crippen MR) is 124 cm³/mol. The summed E-state index contributed by atoms with van der Waals surface area (Å²) in [5, 5.41) is 12.1. The lowest BCUT2D eigenvalue weighted by atomic mass is 10.2. The summed E-state index contributed by atoms with van der Waals surface area (Å²) in [7, 11) is -2.52. The number of methoxy groups -OCH3 is 1. The van der Waals surface area contributed by atoms with Crippen LogP contribution in [0.2, 0.25) is 0 Å². The highest BCUT2D eigenvalue weighted by molar-refractivity contribution is 7.92. The molecule has 1 aliphatic rings. The minimum atomic E-state index is -4.00. The number of carbonyl (C=O) groups is 1. The van der Waals surface area contributed by atoms with E-state index in [0.717, 1.165) is 17.8 Å². The molecule has 2 aromatic carbocycles. The van der Waals surface area contributed by atoms with Crippen LogP contribution < -0.4 is 14.4 Å². The van der Waals surface area contributed by atoms with Crippen molar-refractivity contribution >= 4 is 38.1 Å². The van der Waals surface area contributed by atoms with Crippen LogP contribution in [0.15, 0.2) is 66.1 Å². The van der Waals surface area contributed by atoms with Crippen molar-refractivity contribution in [3.63, 3.8) is 0 Å². The van der Waals surface area contributed by atoms with Crippen LogP contribution in [0.25, 0.3) is 0 Å². The Hall–Kier alpha value is -3.24. The fourth-order valence-electron chi connectivity index (χ4n) is 3.15. The van der Waals surface area contributed by atoms with Gasteiger partial charge in [-0.05, 0) is 43.2 Å². The van der Waals surface area contributed by atoms with Gasteiger partial charge in [-0.3, -0.25) is 14.4 Å². The zero-order valence-corrected chi connectivity index (χ0v) is 19.0. The number of benzene rings is 2. The Morgan fingerprint density at radius 1 is 1.25 bits per heavy atom. The van der Waals surface area contributed by atoms with Gasteiger partial charge in [0.25, 0.3) is 15.9 Å². The van der Waals surface area contributed by atoms with Gasteiger partial charge in [-0.15, -0.1) is 16.8 Å². The molecule has 0 unspecified atom stereocenters. The maximum Gasteiger partial charge on any atom is 0.264 e. The Kier molecular flexibility index (Phi) is 6.24. The number of nitrogens with one attached hydrogen (secondary N) is 1. The summed E-state index contributed by atoms with van der Waals surface area (Å²) in [6.45, 7) is 3.71. The molecule has 0 spiro atoms. The van der Waals surface area contributed by atoms with Crippen LogP contribution in [-0.4, -0.2) is 38.2 Å². The van der Waals surface area contributed by atoms with Crippen molar-refractivity contribution < 1.29 is 17.9 Å². The van der Waals surface area contributed by atoms with E-state index in [4.69, 9.17) is 4.74 Å². The number of amides is 1. The second-order valence-electron chi connectivity index (χ2n) is 7.20. The van der Waals surface area contributed by atoms with Crippen LogP contribution in [0.1, 0.15) is 34.1 Å². The van der Waals surface area contributed by atoms with E-state index in [0.29, 0.717) is 22.5 Å². The summed E-state index contributed by atoms with van der Waals surface area (Å²) < 4.78 is 33.5. The normalized spacial score (nSPS) is 13.4. The largest absolute Gasteiger partial charge is 0.495 e. The third-order valence-electron chi connectivity index (χ3n) is 4.92. The fourth-order valence-corrected chi connectivity index (χ4v) is 5.55. The predicted octanol–water partition coefficient (Wildman–Crippen LogP) is 4.06. The van der Waals surface area contributed by atoms with Gasteiger partial charge in [-0.25, -0.2) is 8.42 Å². The molecule has 1 N–H and O–H groups in total. The zero-order valence-electron chi connectivity index (χ0n) is 17.4. The minimum Gasteiger partial charge on any atom is -0.495 e. The molecular weight excluding hydrogens is 448 g/mol. The molecule has 1 aliphatic carbocycles. The van der Waals surface area contributed by atoms with Crippen molar-refractivity contribution in [1.29, 1.82) is 0 Å². The molecule has 1 amide bonds. The molecule has 1 fully saturated rings. The number of sulfonamides is 1. The third-order valence-corrected chi connectivity index (χ3v) is 7.70. The number of ether oxygens (including phenoxy) is 1. The van der Waals surface area contributed by atoms with Crippen molar-refractivity contribution in [2.45, 2.75) is 23.7 Å². The summed E-state index contributed by atoms with van der Waals surface area (Å²) in [5.74, 6) is 0.403. The number of anilines is 2. The summed E-state index contributed by atoms with van der Waals surface area (Å²) in [6.07, 6.45) is 3.68. The van der Waals surface area contributed by atoms with Crippen LogP contribution in [-0.2, 0) is 10.0 Å². The number of carbonyl (C=O) groups excluding carboxylic acids is 1. The topological polar surface area (TPSA) is 101 Å². The number of aromatic nitrogens is 2. The first-order chi connectivity index (χ1) is 15.4. The number of rotatable bonds is 9. The lowest BCUT2D eigenvalue weighted by molar-refractivity contribution is 0.102. The van der Waals surface area contributed by atoms with Crippen molar-refractivity contribution in [3.05, 3.63) is 71.8 Å². The molecule has 3 aromatic rings. The molecule has 0 saturated heterocycles. The molecule has 1 saturated carbocycles. The van der Waals surface area contributed by atoms with Gasteiger partial charge >= 0.3 is 0 Å². The van der Waals surface area contributed by atoms with Crippen molar-refractivity contribution in [2.75, 3.05) is 23.3 Å². The van der Waals surface area contributed by atoms with Crippen LogP contribution in [0.4, 0.5) is 10.8 Å². The van der Waals surface area contributed by atoms with E-state index in [1.807, 2.05) is 0 Å². The van der Waals surface area contributed by atoms with E-state index in [-0.39, 0.29) is 17.0 Å². The van der Waals surface area contributed by atoms with E-state index in [2.05, 4.69) is 22.1 Å². The summed E-state index contributed by atoms with van der Waals surface area (Å²) in [4.78, 5) is 12.7. The van der Waals surface area contributed by atoms with Crippen molar-refractivity contribution in [1.82, 2.24) is 10.2 Å². The van der Waals surface area contributed by atoms with E-state index in [9.17, 15) is 13.2 Å². The second-order valence-corrected chi connectivity index (χ2v) is 10.1. The quantitative estimate of drug-likeness (QED) is 0.473. The number of para-hydroxylation sites is 2. The number of hydrogen-bond donors (Lipinski definition) is 1. The van der Waals surface area contributed by atoms with Gasteiger partial charge in [0.15, 0.2) is 0 Å². The Labute approximate surface area is 190 Å². The van der Waals surface area contributed by atoms with E-state index in [1.165, 1.54) is 47.0 Å². The zero-order chi connectivity index (χ0) is 22.7. The van der Waals surface area contributed by atoms with Crippen molar-refractivity contribution in [3.8, 4) is 5.75 Å². The average Bonchev–Trinajstić information content (AvgIpc) is 3.56. The van der Waals surface area contributed by atoms with E-state index in [1.54, 1.807) is 30.3 Å². The molecule has 0 radical (unpaired) electrons. The highest BCUT2D eigenvalue weighted by Crippen LogP contribution is 2.42. The first-order valence-corrected chi connectivity index (χ1v) is 12.2. The summed E-state index contributed by atoms with van der Waals surface area (Å²) in [5.41, 5.74) is 0.582. The third kappa shape index (κ3) is 4.51. The smallest absolute Gasteiger partial charge is 0.264 e. The Morgan fingerprint density at radius 2 is 2.03 bits per heavy atom. The SMILES string of the molecule is C=CCN(c1ccccc1OC)S(=O)(=O)c1cccc(C(=O)Nc2nnc(C3CC3)s2)c1. The van der Waals surface area contributed by atoms with E-state index < -0.39 is 15.9 Å². The molecule has 32 heavy (non-hydrogen) atoms. The molecular formula is C22H22N4O4S2. The van der Waals surface area contributed by atoms with Gasteiger partial charge in [0.2, 0.25) is 5.13 Å². The maximum atomic E-state index is 13.5. The molecule has 0 atom stereocenters. The van der Waals surface area contributed by atoms with Crippen LogP contribution in [0.5, 0.6) is 5.75 Å². The monoisotopic (exact) mass is 470 g/mol. The second kappa shape index (κ2) is 9.09. The maximum absolute atomic E-state index is 13.5. The van der Waals surface area contributed by atoms with Gasteiger partial charge < -0.3 is 4.74 Å². The number of nitrogens with zero attached hydrogens (tertiary/aromatic N) is 3. The standard InChI is InChI=1S/C22H22N4O4S2/c1-3-13-26(18-9-4-5-10-19(18)30-2)32(28,29)17-8-6-7-16(14-17)20(27)23-22-25-24-21(31-22)15-11-12-15/h3-10,14-15H,1,11-13H2,2H3,(H,23,25,27). The molecule has 166 valence electrons. The molecule has 0 aliphatic heterocycles. The average molecular weight is 471 g/mol. The molecule has 4 rings (SSSR count). The fraction of sp³-hybridized carbons (Fsp3) is 0.227. The number of hydrogen-bond acceptors (Lipinski definition) is 7. The summed E-state index contributed by atoms with van der Waals surface area (Å²) >= 11 is 1.34. The Bertz CT molecular complexity index is 1250. The Morgan fingerprint density at radius 3 is 2.75 bits per heavy atom. The highest BCUT2D eigenvalue weighted by Gasteiger charge is 2.29. The van der Waals surface area contributed by atoms with Gasteiger partial charge in [0.05, 0.1) is 24.2 Å². The van der Waals surface area contributed by atoms with Gasteiger partial charge in [0, 0.05) is 11.5 Å². The molecule has 1 heterocycles. The first-order valence-electron chi connectivity index (χ1n) is 9.95. The van der Waals surface area contributed by atoms with Gasteiger partial charge in [0.1, 0.15) is 10.8 Å². The summed E-state index contributed by atoms with van der Waals surface area (Å²) in [6, 6.07) is 12.7. The Balaban J connectivity index is 1.62. The lowest BCUT2D eigenvalue weighted by Crippen LogP contribution is -2.31. The molecule has 1 aromatic heterocycles. The van der Waals surface area contributed by atoms with Gasteiger partial charge in [-0.2, -0.15) is 0 Å². The molecule has 0 bridgehead atoms. The van der Waals surface area contributed by atoms with Crippen LogP contribution in [0.3, 0.4) is 0 Å². The molecule has 10 heteroatoms. The van der Waals surface area contributed by atoms with Crippen LogP contribution in [0, 0.1) is 0 Å². The van der Waals surface area contributed by atoms with Crippen LogP contribution >= 0.6 is 11.3 Å². The van der Waals surface area contributed by atoms with E-state index >= 15 is 0 Å². The minimum absolute atomic E-state index is 0.0196.